The van der Waals surface area contributed by atoms with Gasteiger partial charge in [-0.15, -0.1) is 0 Å². The fourth-order valence-corrected chi connectivity index (χ4v) is 5.71. The topological polar surface area (TPSA) is 157 Å². The Balaban J connectivity index is 0.00000342. The fraction of sp³-hybridized carbons (Fsp3) is 0.348. The lowest BCUT2D eigenvalue weighted by molar-refractivity contribution is -0.134. The molecule has 3 N–H and O–H groups in total. The van der Waals surface area contributed by atoms with E-state index in [1.807, 2.05) is 0 Å². The van der Waals surface area contributed by atoms with Crippen molar-refractivity contribution >= 4 is 32.8 Å². The van der Waals surface area contributed by atoms with Crippen LogP contribution in [0.3, 0.4) is 0 Å². The minimum absolute atomic E-state index is 0. The number of rotatable bonds is 8. The molecule has 0 radical (unpaired) electrons. The van der Waals surface area contributed by atoms with Crippen molar-refractivity contribution < 1.29 is 37.1 Å². The molecule has 1 saturated heterocycles. The molecule has 0 aliphatic carbocycles. The summed E-state index contributed by atoms with van der Waals surface area (Å²) in [7, 11) is -4.11. The van der Waals surface area contributed by atoms with Crippen molar-refractivity contribution in [2.24, 2.45) is 0 Å². The predicted molar refractivity (Wildman–Crippen MR) is 125 cm³/mol. The monoisotopic (exact) mass is 505 g/mol. The lowest BCUT2D eigenvalue weighted by atomic mass is 9.98. The molecule has 188 valence electrons. The Labute approximate surface area is 202 Å². The third-order valence-corrected chi connectivity index (χ3v) is 8.15. The Morgan fingerprint density at radius 3 is 2.51 bits per heavy atom. The highest BCUT2D eigenvalue weighted by Crippen LogP contribution is 2.35. The first-order valence-corrected chi connectivity index (χ1v) is 12.0. The molecule has 3 heterocycles. The lowest BCUT2D eigenvalue weighted by Crippen LogP contribution is -2.54. The second-order valence-electron chi connectivity index (χ2n) is 7.64. The maximum absolute atomic E-state index is 13.2. The first kappa shape index (κ1) is 26.1. The van der Waals surface area contributed by atoms with Crippen molar-refractivity contribution in [3.05, 3.63) is 54.4 Å². The van der Waals surface area contributed by atoms with Gasteiger partial charge in [0.1, 0.15) is 12.4 Å². The molecule has 1 fully saturated rings. The van der Waals surface area contributed by atoms with Crippen molar-refractivity contribution in [2.45, 2.75) is 29.9 Å². The van der Waals surface area contributed by atoms with Crippen LogP contribution in [0.5, 0.6) is 5.75 Å². The van der Waals surface area contributed by atoms with Gasteiger partial charge in [-0.1, -0.05) is 7.43 Å². The van der Waals surface area contributed by atoms with Crippen LogP contribution in [0, 0.1) is 0 Å². The molecule has 1 aromatic carbocycles. The molecule has 3 aromatic rings. The number of hydrogen-bond donors (Lipinski definition) is 3. The van der Waals surface area contributed by atoms with Gasteiger partial charge in [0, 0.05) is 24.8 Å². The molecule has 2 amide bonds. The number of nitrogens with one attached hydrogen (secondary N) is 2. The van der Waals surface area contributed by atoms with E-state index < -0.39 is 26.4 Å². The number of amides is 2. The van der Waals surface area contributed by atoms with Gasteiger partial charge in [-0.05, 0) is 55.3 Å². The highest BCUT2D eigenvalue weighted by atomic mass is 32.2. The van der Waals surface area contributed by atoms with Gasteiger partial charge < -0.3 is 19.2 Å². The van der Waals surface area contributed by atoms with Gasteiger partial charge in [0.2, 0.25) is 5.71 Å². The second-order valence-corrected chi connectivity index (χ2v) is 9.89. The highest BCUT2D eigenvalue weighted by Gasteiger charge is 2.52. The van der Waals surface area contributed by atoms with Crippen molar-refractivity contribution in [2.75, 3.05) is 26.4 Å². The zero-order valence-corrected chi connectivity index (χ0v) is 18.8. The van der Waals surface area contributed by atoms with E-state index in [9.17, 15) is 18.0 Å². The Hall–Kier alpha value is -3.48. The zero-order chi connectivity index (χ0) is 24.2. The van der Waals surface area contributed by atoms with Crippen molar-refractivity contribution in [1.29, 1.82) is 0 Å². The summed E-state index contributed by atoms with van der Waals surface area (Å²) >= 11 is 0. The van der Waals surface area contributed by atoms with Crippen molar-refractivity contribution in [1.82, 2.24) is 15.8 Å². The number of nitrogens with zero attached hydrogens (tertiary/aromatic N) is 1. The molecule has 0 bridgehead atoms. The Kier molecular flexibility index (Phi) is 8.10. The van der Waals surface area contributed by atoms with Crippen LogP contribution in [-0.4, -0.2) is 61.5 Å². The van der Waals surface area contributed by atoms with Gasteiger partial charge in [-0.2, -0.15) is 0 Å². The number of furan rings is 1. The van der Waals surface area contributed by atoms with E-state index in [1.165, 1.54) is 29.7 Å². The highest BCUT2D eigenvalue weighted by molar-refractivity contribution is 7.93. The van der Waals surface area contributed by atoms with Crippen LogP contribution in [0.25, 0.3) is 11.1 Å². The molecule has 11 nitrogen and oxygen atoms in total. The number of hydrogen-bond acceptors (Lipinski definition) is 9. The lowest BCUT2D eigenvalue weighted by Gasteiger charge is -2.34. The number of carbonyl (C=O) groups excluding carboxylic acids is 2. The van der Waals surface area contributed by atoms with Gasteiger partial charge in [-0.3, -0.25) is 14.8 Å². The standard InChI is InChI=1S/C22H23N3O8S.CH4/c26-19(18-14-15-2-1-9-24-20(15)33-18)23-10-13-32-16-3-5-17(6-4-16)34(29,30)22(21(27)25-28)7-11-31-12-8-22;/h1-6,9,14,28H,7-8,10-13H2,(H,23,26)(H,25,27);1H4. The largest absolute Gasteiger partial charge is 0.492 e. The summed E-state index contributed by atoms with van der Waals surface area (Å²) in [4.78, 5) is 28.5. The maximum atomic E-state index is 13.2. The normalized spacial score (nSPS) is 15.1. The van der Waals surface area contributed by atoms with E-state index in [1.54, 1.807) is 24.4 Å². The average molecular weight is 506 g/mol. The van der Waals surface area contributed by atoms with Crippen LogP contribution < -0.4 is 15.5 Å². The molecule has 1 aliphatic heterocycles. The second kappa shape index (κ2) is 10.8. The van der Waals surface area contributed by atoms with Gasteiger partial charge in [0.15, 0.2) is 20.3 Å². The zero-order valence-electron chi connectivity index (χ0n) is 18.0. The smallest absolute Gasteiger partial charge is 0.287 e. The Morgan fingerprint density at radius 2 is 1.86 bits per heavy atom. The Bertz CT molecular complexity index is 1250. The average Bonchev–Trinajstić information content (AvgIpc) is 3.31. The number of fused-ring (bicyclic) bond motifs is 1. The number of hydroxylamine groups is 1. The number of benzene rings is 1. The van der Waals surface area contributed by atoms with Gasteiger partial charge in [0.05, 0.1) is 11.4 Å². The first-order chi connectivity index (χ1) is 16.4. The molecule has 2 aromatic heterocycles. The summed E-state index contributed by atoms with van der Waals surface area (Å²) < 4.78 is 40.8. The summed E-state index contributed by atoms with van der Waals surface area (Å²) in [5.74, 6) is -0.870. The number of sulfone groups is 1. The van der Waals surface area contributed by atoms with Crippen molar-refractivity contribution in [3.63, 3.8) is 0 Å². The quantitative estimate of drug-likeness (QED) is 0.237. The number of carbonyl (C=O) groups is 2. The van der Waals surface area contributed by atoms with Gasteiger partial charge >= 0.3 is 0 Å². The van der Waals surface area contributed by atoms with Crippen LogP contribution in [0.15, 0.2) is 58.0 Å². The fourth-order valence-electron chi connectivity index (χ4n) is 3.77. The van der Waals surface area contributed by atoms with E-state index in [2.05, 4.69) is 10.3 Å². The molecule has 0 unspecified atom stereocenters. The predicted octanol–water partition coefficient (Wildman–Crippen LogP) is 2.10. The van der Waals surface area contributed by atoms with Gasteiger partial charge in [-0.25, -0.2) is 18.9 Å². The van der Waals surface area contributed by atoms with E-state index in [0.29, 0.717) is 11.5 Å². The molecular weight excluding hydrogens is 478 g/mol. The minimum Gasteiger partial charge on any atom is -0.492 e. The van der Waals surface area contributed by atoms with Crippen LogP contribution in [-0.2, 0) is 19.4 Å². The van der Waals surface area contributed by atoms with E-state index in [-0.39, 0.29) is 57.3 Å². The summed E-state index contributed by atoms with van der Waals surface area (Å²) in [5.41, 5.74) is 1.86. The van der Waals surface area contributed by atoms with Crippen molar-refractivity contribution in [3.8, 4) is 5.75 Å². The van der Waals surface area contributed by atoms with Crippen LogP contribution in [0.4, 0.5) is 0 Å². The molecule has 35 heavy (non-hydrogen) atoms. The molecule has 12 heteroatoms. The first-order valence-electron chi connectivity index (χ1n) is 10.5. The Morgan fingerprint density at radius 1 is 1.14 bits per heavy atom. The molecule has 4 rings (SSSR count). The number of aromatic nitrogens is 1. The van der Waals surface area contributed by atoms with Crippen LogP contribution in [0.1, 0.15) is 30.8 Å². The third kappa shape index (κ3) is 5.14. The molecule has 0 saturated carbocycles. The van der Waals surface area contributed by atoms with E-state index >= 15 is 0 Å². The van der Waals surface area contributed by atoms with Crippen LogP contribution >= 0.6 is 0 Å². The molecule has 0 spiro atoms. The number of pyridine rings is 1. The van der Waals surface area contributed by atoms with E-state index in [0.717, 1.165) is 5.39 Å². The summed E-state index contributed by atoms with van der Waals surface area (Å²) in [6.07, 6.45) is 1.44. The van der Waals surface area contributed by atoms with Crippen LogP contribution in [0.2, 0.25) is 0 Å². The summed E-state index contributed by atoms with van der Waals surface area (Å²) in [6.45, 7) is 0.488. The molecule has 1 aliphatic rings. The maximum Gasteiger partial charge on any atom is 0.287 e. The van der Waals surface area contributed by atoms with Gasteiger partial charge in [0.25, 0.3) is 11.8 Å². The molecular formula is C23H27N3O8S. The SMILES string of the molecule is C.O=C(NCCOc1ccc(S(=O)(=O)C2(C(=O)NO)CCOCC2)cc1)c1cc2cccnc2o1. The summed E-state index contributed by atoms with van der Waals surface area (Å²) in [6, 6.07) is 10.7. The third-order valence-electron chi connectivity index (χ3n) is 5.64. The summed E-state index contributed by atoms with van der Waals surface area (Å²) in [5, 5.41) is 12.5. The number of ether oxygens (including phenoxy) is 2. The van der Waals surface area contributed by atoms with E-state index in [4.69, 9.17) is 19.1 Å². The minimum atomic E-state index is -4.11. The molecule has 0 atom stereocenters.